The molecule has 6 nitrogen and oxygen atoms in total. The number of carbonyl (C=O) groups is 2. The van der Waals surface area contributed by atoms with Gasteiger partial charge in [0.15, 0.2) is 0 Å². The van der Waals surface area contributed by atoms with Crippen molar-refractivity contribution < 1.29 is 19.1 Å². The Labute approximate surface area is 108 Å². The molecule has 0 aliphatic carbocycles. The number of hydrogen-bond donors (Lipinski definition) is 0. The Morgan fingerprint density at radius 3 is 2.47 bits per heavy atom. The Kier molecular flexibility index (Phi) is 3.21. The molecule has 6 heteroatoms. The van der Waals surface area contributed by atoms with Crippen molar-refractivity contribution in [1.82, 2.24) is 4.40 Å². The average Bonchev–Trinajstić information content (AvgIpc) is 2.83. The predicted molar refractivity (Wildman–Crippen MR) is 64.8 cm³/mol. The molecule has 0 saturated carbocycles. The van der Waals surface area contributed by atoms with Gasteiger partial charge in [-0.05, 0) is 18.2 Å². The summed E-state index contributed by atoms with van der Waals surface area (Å²) >= 11 is 0. The molecule has 2 aromatic rings. The number of hydrogen-bond acceptors (Lipinski definition) is 5. The molecule has 0 bridgehead atoms. The lowest BCUT2D eigenvalue weighted by atomic mass is 10.2. The van der Waals surface area contributed by atoms with Crippen molar-refractivity contribution in [1.29, 1.82) is 5.26 Å². The molecule has 2 aromatic heterocycles. The van der Waals surface area contributed by atoms with Crippen LogP contribution in [0.15, 0.2) is 24.4 Å². The van der Waals surface area contributed by atoms with Gasteiger partial charge in [0.05, 0.1) is 31.4 Å². The van der Waals surface area contributed by atoms with Crippen LogP contribution in [0.4, 0.5) is 0 Å². The van der Waals surface area contributed by atoms with Gasteiger partial charge in [0, 0.05) is 11.7 Å². The van der Waals surface area contributed by atoms with E-state index < -0.39 is 11.9 Å². The fourth-order valence-corrected chi connectivity index (χ4v) is 1.82. The number of pyridine rings is 1. The van der Waals surface area contributed by atoms with Crippen molar-refractivity contribution in [2.24, 2.45) is 0 Å². The maximum absolute atomic E-state index is 11.8. The van der Waals surface area contributed by atoms with Crippen molar-refractivity contribution in [2.45, 2.75) is 0 Å². The van der Waals surface area contributed by atoms with E-state index in [0.29, 0.717) is 11.1 Å². The molecule has 0 unspecified atom stereocenters. The highest BCUT2D eigenvalue weighted by Crippen LogP contribution is 2.19. The molecule has 0 radical (unpaired) electrons. The fraction of sp³-hybridized carbons (Fsp3) is 0.154. The summed E-state index contributed by atoms with van der Waals surface area (Å²) in [5.41, 5.74) is 1.15. The van der Waals surface area contributed by atoms with Crippen LogP contribution in [0.3, 0.4) is 0 Å². The number of ether oxygens (including phenoxy) is 2. The van der Waals surface area contributed by atoms with Gasteiger partial charge in [-0.1, -0.05) is 0 Å². The Balaban J connectivity index is 2.77. The van der Waals surface area contributed by atoms with E-state index in [0.717, 1.165) is 0 Å². The van der Waals surface area contributed by atoms with Gasteiger partial charge < -0.3 is 13.9 Å². The number of methoxy groups -OCH3 is 2. The summed E-state index contributed by atoms with van der Waals surface area (Å²) in [7, 11) is 2.46. The van der Waals surface area contributed by atoms with Crippen LogP contribution in [0.2, 0.25) is 0 Å². The number of fused-ring (bicyclic) bond motifs is 1. The molecule has 2 rings (SSSR count). The minimum Gasteiger partial charge on any atom is -0.465 e. The highest BCUT2D eigenvalue weighted by molar-refractivity contribution is 6.04. The largest absolute Gasteiger partial charge is 0.465 e. The first-order chi connectivity index (χ1) is 9.12. The van der Waals surface area contributed by atoms with Gasteiger partial charge in [-0.15, -0.1) is 0 Å². The number of nitrogens with zero attached hydrogens (tertiary/aromatic N) is 2. The summed E-state index contributed by atoms with van der Waals surface area (Å²) in [6, 6.07) is 6.58. The molecule has 2 heterocycles. The molecule has 0 aliphatic rings. The second-order valence-corrected chi connectivity index (χ2v) is 3.71. The van der Waals surface area contributed by atoms with Crippen molar-refractivity contribution in [2.75, 3.05) is 14.2 Å². The zero-order valence-corrected chi connectivity index (χ0v) is 10.3. The SMILES string of the molecule is COC(=O)c1cc2cc(C#N)ccn2c1C(=O)OC. The maximum atomic E-state index is 11.8. The lowest BCUT2D eigenvalue weighted by Gasteiger charge is -2.03. The Bertz CT molecular complexity index is 709. The number of aromatic nitrogens is 1. The molecule has 0 fully saturated rings. The zero-order chi connectivity index (χ0) is 14.0. The Morgan fingerprint density at radius 1 is 1.21 bits per heavy atom. The monoisotopic (exact) mass is 258 g/mol. The van der Waals surface area contributed by atoms with Crippen molar-refractivity contribution in [3.05, 3.63) is 41.2 Å². The van der Waals surface area contributed by atoms with Crippen LogP contribution < -0.4 is 0 Å². The van der Waals surface area contributed by atoms with Crippen LogP contribution in [0, 0.1) is 11.3 Å². The summed E-state index contributed by atoms with van der Waals surface area (Å²) in [6.45, 7) is 0. The van der Waals surface area contributed by atoms with Gasteiger partial charge >= 0.3 is 11.9 Å². The number of rotatable bonds is 2. The lowest BCUT2D eigenvalue weighted by molar-refractivity contribution is 0.0550. The third-order valence-corrected chi connectivity index (χ3v) is 2.69. The lowest BCUT2D eigenvalue weighted by Crippen LogP contribution is -2.12. The number of nitriles is 1. The average molecular weight is 258 g/mol. The van der Waals surface area contributed by atoms with Crippen molar-refractivity contribution in [3.8, 4) is 6.07 Å². The highest BCUT2D eigenvalue weighted by atomic mass is 16.5. The standard InChI is InChI=1S/C13H10N2O4/c1-18-12(16)10-6-9-5-8(7-14)3-4-15(9)11(10)13(17)19-2/h3-6H,1-2H3. The third-order valence-electron chi connectivity index (χ3n) is 2.69. The molecule has 0 aliphatic heterocycles. The summed E-state index contributed by atoms with van der Waals surface area (Å²) < 4.78 is 10.8. The second-order valence-electron chi connectivity index (χ2n) is 3.71. The fourth-order valence-electron chi connectivity index (χ4n) is 1.82. The van der Waals surface area contributed by atoms with E-state index in [1.54, 1.807) is 12.1 Å². The summed E-state index contributed by atoms with van der Waals surface area (Å²) in [6.07, 6.45) is 1.53. The number of esters is 2. The van der Waals surface area contributed by atoms with Crippen LogP contribution in [-0.2, 0) is 9.47 Å². The van der Waals surface area contributed by atoms with E-state index in [-0.39, 0.29) is 11.3 Å². The van der Waals surface area contributed by atoms with Gasteiger partial charge in [0.1, 0.15) is 5.69 Å². The second kappa shape index (κ2) is 4.82. The molecule has 0 amide bonds. The van der Waals surface area contributed by atoms with Crippen LogP contribution in [0.25, 0.3) is 5.52 Å². The van der Waals surface area contributed by atoms with Crippen LogP contribution in [0.5, 0.6) is 0 Å². The molecule has 0 saturated heterocycles. The molecule has 19 heavy (non-hydrogen) atoms. The normalized spacial score (nSPS) is 9.95. The summed E-state index contributed by atoms with van der Waals surface area (Å²) in [5.74, 6) is -1.28. The topological polar surface area (TPSA) is 80.8 Å². The zero-order valence-electron chi connectivity index (χ0n) is 10.3. The van der Waals surface area contributed by atoms with Crippen LogP contribution in [0.1, 0.15) is 26.4 Å². The molecule has 0 aromatic carbocycles. The van der Waals surface area contributed by atoms with Gasteiger partial charge in [0.2, 0.25) is 0 Å². The summed E-state index contributed by atoms with van der Waals surface area (Å²) in [4.78, 5) is 23.4. The van der Waals surface area contributed by atoms with Crippen LogP contribution in [-0.4, -0.2) is 30.6 Å². The van der Waals surface area contributed by atoms with E-state index in [2.05, 4.69) is 9.47 Å². The smallest absolute Gasteiger partial charge is 0.355 e. The van der Waals surface area contributed by atoms with Gasteiger partial charge in [-0.25, -0.2) is 9.59 Å². The molecule has 0 spiro atoms. The quantitative estimate of drug-likeness (QED) is 0.760. The van der Waals surface area contributed by atoms with Crippen molar-refractivity contribution in [3.63, 3.8) is 0 Å². The highest BCUT2D eigenvalue weighted by Gasteiger charge is 2.23. The minimum atomic E-state index is -0.648. The first kappa shape index (κ1) is 12.6. The summed E-state index contributed by atoms with van der Waals surface area (Å²) in [5, 5.41) is 8.84. The third kappa shape index (κ3) is 2.02. The van der Waals surface area contributed by atoms with E-state index in [1.807, 2.05) is 6.07 Å². The maximum Gasteiger partial charge on any atom is 0.355 e. The minimum absolute atomic E-state index is 0.0776. The molecule has 96 valence electrons. The van der Waals surface area contributed by atoms with Crippen molar-refractivity contribution >= 4 is 17.5 Å². The van der Waals surface area contributed by atoms with Gasteiger partial charge in [-0.3, -0.25) is 0 Å². The molecule has 0 N–H and O–H groups in total. The number of carbonyl (C=O) groups excluding carboxylic acids is 2. The van der Waals surface area contributed by atoms with E-state index in [4.69, 9.17) is 5.26 Å². The molecule has 0 atom stereocenters. The predicted octanol–water partition coefficient (Wildman–Crippen LogP) is 1.38. The first-order valence-electron chi connectivity index (χ1n) is 5.34. The van der Waals surface area contributed by atoms with Gasteiger partial charge in [-0.2, -0.15) is 5.26 Å². The van der Waals surface area contributed by atoms with E-state index in [1.165, 1.54) is 30.9 Å². The van der Waals surface area contributed by atoms with Crippen LogP contribution >= 0.6 is 0 Å². The van der Waals surface area contributed by atoms with E-state index >= 15 is 0 Å². The van der Waals surface area contributed by atoms with Gasteiger partial charge in [0.25, 0.3) is 0 Å². The Morgan fingerprint density at radius 2 is 1.89 bits per heavy atom. The van der Waals surface area contributed by atoms with E-state index in [9.17, 15) is 9.59 Å². The Hall–Kier alpha value is -2.81. The molecular formula is C13H10N2O4. The molecular weight excluding hydrogens is 248 g/mol. The first-order valence-corrected chi connectivity index (χ1v) is 5.34.